The maximum absolute atomic E-state index is 10.4. The van der Waals surface area contributed by atoms with Gasteiger partial charge in [-0.25, -0.2) is 9.97 Å². The third kappa shape index (κ3) is 5.82. The molecule has 24 heavy (non-hydrogen) atoms. The lowest BCUT2D eigenvalue weighted by molar-refractivity contribution is -0.139. The summed E-state index contributed by atoms with van der Waals surface area (Å²) >= 11 is 0. The van der Waals surface area contributed by atoms with Crippen LogP contribution < -0.4 is 11.5 Å². The van der Waals surface area contributed by atoms with E-state index in [1.807, 2.05) is 0 Å². The second kappa shape index (κ2) is 8.79. The zero-order valence-electron chi connectivity index (χ0n) is 13.5. The number of nitrogens with two attached hydrogens (primary N) is 2. The summed E-state index contributed by atoms with van der Waals surface area (Å²) in [6.07, 6.45) is 7.08. The Balaban J connectivity index is 0.000000240. The molecule has 132 valence electrons. The molecule has 2 atom stereocenters. The SMILES string of the molecule is Cn1cncc1CC(N)C(=O)O.Cn1cncc1CC(N)C(=O)O. The largest absolute Gasteiger partial charge is 0.480 e. The molecule has 0 aliphatic rings. The van der Waals surface area contributed by atoms with Crippen molar-refractivity contribution in [3.63, 3.8) is 0 Å². The van der Waals surface area contributed by atoms with Gasteiger partial charge in [0.2, 0.25) is 0 Å². The summed E-state index contributed by atoms with van der Waals surface area (Å²) in [4.78, 5) is 28.5. The average Bonchev–Trinajstić information content (AvgIpc) is 3.09. The number of imidazole rings is 2. The van der Waals surface area contributed by atoms with E-state index in [9.17, 15) is 9.59 Å². The monoisotopic (exact) mass is 338 g/mol. The van der Waals surface area contributed by atoms with Crippen LogP contribution in [0.2, 0.25) is 0 Å². The fraction of sp³-hybridized carbons (Fsp3) is 0.429. The fourth-order valence-electron chi connectivity index (χ4n) is 1.79. The summed E-state index contributed by atoms with van der Waals surface area (Å²) in [6.45, 7) is 0. The van der Waals surface area contributed by atoms with E-state index < -0.39 is 24.0 Å². The summed E-state index contributed by atoms with van der Waals surface area (Å²) < 4.78 is 3.51. The second-order valence-electron chi connectivity index (χ2n) is 5.29. The number of nitrogens with zero attached hydrogens (tertiary/aromatic N) is 4. The minimum atomic E-state index is -0.990. The van der Waals surface area contributed by atoms with E-state index >= 15 is 0 Å². The van der Waals surface area contributed by atoms with Gasteiger partial charge in [0.15, 0.2) is 0 Å². The van der Waals surface area contributed by atoms with Crippen molar-refractivity contribution >= 4 is 11.9 Å². The molecule has 0 aliphatic heterocycles. The molecule has 2 aromatic heterocycles. The number of aromatic nitrogens is 4. The summed E-state index contributed by atoms with van der Waals surface area (Å²) in [6, 6.07) is -1.69. The summed E-state index contributed by atoms with van der Waals surface area (Å²) in [5.41, 5.74) is 12.3. The molecule has 6 N–H and O–H groups in total. The maximum Gasteiger partial charge on any atom is 0.320 e. The number of carbonyl (C=O) groups is 2. The molecule has 2 unspecified atom stereocenters. The number of carboxylic acid groups (broad SMARTS) is 2. The van der Waals surface area contributed by atoms with Crippen LogP contribution in [-0.2, 0) is 36.5 Å². The lowest BCUT2D eigenvalue weighted by Gasteiger charge is -2.05. The van der Waals surface area contributed by atoms with Crippen LogP contribution >= 0.6 is 0 Å². The number of hydrogen-bond acceptors (Lipinski definition) is 6. The van der Waals surface area contributed by atoms with E-state index in [4.69, 9.17) is 21.7 Å². The van der Waals surface area contributed by atoms with Crippen LogP contribution in [0.25, 0.3) is 0 Å². The Kier molecular flexibility index (Phi) is 7.08. The Morgan fingerprint density at radius 2 is 1.29 bits per heavy atom. The van der Waals surface area contributed by atoms with Crippen molar-refractivity contribution in [2.24, 2.45) is 25.6 Å². The number of aryl methyl sites for hydroxylation is 2. The summed E-state index contributed by atoms with van der Waals surface area (Å²) in [5, 5.41) is 17.0. The Morgan fingerprint density at radius 3 is 1.50 bits per heavy atom. The van der Waals surface area contributed by atoms with Crippen molar-refractivity contribution in [3.05, 3.63) is 36.4 Å². The average molecular weight is 338 g/mol. The highest BCUT2D eigenvalue weighted by Gasteiger charge is 2.14. The smallest absolute Gasteiger partial charge is 0.320 e. The van der Waals surface area contributed by atoms with Crippen LogP contribution in [-0.4, -0.2) is 53.3 Å². The highest BCUT2D eigenvalue weighted by atomic mass is 16.4. The maximum atomic E-state index is 10.4. The van der Waals surface area contributed by atoms with Crippen molar-refractivity contribution in [3.8, 4) is 0 Å². The molecule has 10 nitrogen and oxygen atoms in total. The Bertz CT molecular complexity index is 622. The minimum absolute atomic E-state index is 0.311. The standard InChI is InChI=1S/2C7H11N3O2/c2*1-10-4-9-3-5(10)2-6(8)7(11)12/h2*3-4,6H,2,8H2,1H3,(H,11,12). The van der Waals surface area contributed by atoms with Gasteiger partial charge in [0, 0.05) is 50.7 Å². The molecule has 2 aromatic rings. The molecular weight excluding hydrogens is 316 g/mol. The first-order valence-electron chi connectivity index (χ1n) is 7.09. The number of aliphatic carboxylic acids is 2. The summed E-state index contributed by atoms with van der Waals surface area (Å²) in [7, 11) is 3.60. The molecule has 0 aromatic carbocycles. The lowest BCUT2D eigenvalue weighted by Crippen LogP contribution is -2.32. The van der Waals surface area contributed by atoms with Crippen LogP contribution in [0.3, 0.4) is 0 Å². The van der Waals surface area contributed by atoms with Gasteiger partial charge < -0.3 is 30.8 Å². The second-order valence-corrected chi connectivity index (χ2v) is 5.29. The molecule has 0 saturated carbocycles. The quantitative estimate of drug-likeness (QED) is 0.507. The van der Waals surface area contributed by atoms with E-state index in [0.29, 0.717) is 12.8 Å². The predicted molar refractivity (Wildman–Crippen MR) is 85.0 cm³/mol. The molecule has 0 bridgehead atoms. The number of carboxylic acids is 2. The van der Waals surface area contributed by atoms with E-state index in [1.165, 1.54) is 0 Å². The van der Waals surface area contributed by atoms with E-state index in [1.54, 1.807) is 48.3 Å². The van der Waals surface area contributed by atoms with Crippen molar-refractivity contribution in [2.45, 2.75) is 24.9 Å². The minimum Gasteiger partial charge on any atom is -0.480 e. The molecule has 2 heterocycles. The molecule has 0 radical (unpaired) electrons. The zero-order valence-corrected chi connectivity index (χ0v) is 13.5. The lowest BCUT2D eigenvalue weighted by atomic mass is 10.2. The highest BCUT2D eigenvalue weighted by Crippen LogP contribution is 2.00. The van der Waals surface area contributed by atoms with Crippen molar-refractivity contribution in [1.82, 2.24) is 19.1 Å². The van der Waals surface area contributed by atoms with Gasteiger partial charge >= 0.3 is 11.9 Å². The van der Waals surface area contributed by atoms with E-state index in [0.717, 1.165) is 11.4 Å². The van der Waals surface area contributed by atoms with Crippen LogP contribution in [0.4, 0.5) is 0 Å². The molecule has 10 heteroatoms. The van der Waals surface area contributed by atoms with Crippen LogP contribution in [0.1, 0.15) is 11.4 Å². The number of hydrogen-bond donors (Lipinski definition) is 4. The first-order valence-corrected chi connectivity index (χ1v) is 7.09. The molecule has 0 spiro atoms. The normalized spacial score (nSPS) is 12.8. The first kappa shape index (κ1) is 19.3. The molecule has 2 rings (SSSR count). The number of rotatable bonds is 6. The molecule has 0 saturated heterocycles. The van der Waals surface area contributed by atoms with Crippen LogP contribution in [0.5, 0.6) is 0 Å². The molecule has 0 aliphatic carbocycles. The third-order valence-electron chi connectivity index (χ3n) is 3.33. The van der Waals surface area contributed by atoms with Gasteiger partial charge in [0.05, 0.1) is 12.7 Å². The Labute approximate surface area is 138 Å². The Morgan fingerprint density at radius 1 is 0.958 bits per heavy atom. The van der Waals surface area contributed by atoms with Crippen molar-refractivity contribution < 1.29 is 19.8 Å². The Hall–Kier alpha value is -2.72. The van der Waals surface area contributed by atoms with Crippen LogP contribution in [0, 0.1) is 0 Å². The van der Waals surface area contributed by atoms with E-state index in [-0.39, 0.29) is 0 Å². The van der Waals surface area contributed by atoms with Gasteiger partial charge in [-0.15, -0.1) is 0 Å². The molecular formula is C14H22N6O4. The van der Waals surface area contributed by atoms with Gasteiger partial charge in [-0.1, -0.05) is 0 Å². The molecule has 0 fully saturated rings. The van der Waals surface area contributed by atoms with Crippen molar-refractivity contribution in [2.75, 3.05) is 0 Å². The van der Waals surface area contributed by atoms with Crippen molar-refractivity contribution in [1.29, 1.82) is 0 Å². The van der Waals surface area contributed by atoms with Gasteiger partial charge in [-0.3, -0.25) is 9.59 Å². The molecule has 0 amide bonds. The fourth-order valence-corrected chi connectivity index (χ4v) is 1.79. The first-order chi connectivity index (χ1) is 11.2. The van der Waals surface area contributed by atoms with Crippen LogP contribution in [0.15, 0.2) is 25.0 Å². The van der Waals surface area contributed by atoms with Gasteiger partial charge in [-0.2, -0.15) is 0 Å². The van der Waals surface area contributed by atoms with Gasteiger partial charge in [-0.05, 0) is 0 Å². The van der Waals surface area contributed by atoms with E-state index in [2.05, 4.69) is 9.97 Å². The zero-order chi connectivity index (χ0) is 18.3. The topological polar surface area (TPSA) is 162 Å². The van der Waals surface area contributed by atoms with Gasteiger partial charge in [0.25, 0.3) is 0 Å². The third-order valence-corrected chi connectivity index (χ3v) is 3.33. The predicted octanol–water partition coefficient (Wildman–Crippen LogP) is -1.25. The van der Waals surface area contributed by atoms with Gasteiger partial charge in [0.1, 0.15) is 12.1 Å². The highest BCUT2D eigenvalue weighted by molar-refractivity contribution is 5.73. The summed E-state index contributed by atoms with van der Waals surface area (Å²) in [5.74, 6) is -1.98.